The molecule has 3 heteroatoms. The third-order valence-corrected chi connectivity index (χ3v) is 4.28. The average molecular weight is 290 g/mol. The van der Waals surface area contributed by atoms with Gasteiger partial charge in [0.2, 0.25) is 0 Å². The second kappa shape index (κ2) is 7.28. The van der Waals surface area contributed by atoms with Crippen LogP contribution < -0.4 is 10.1 Å². The van der Waals surface area contributed by atoms with Gasteiger partial charge in [-0.15, -0.1) is 0 Å². The van der Waals surface area contributed by atoms with Gasteiger partial charge < -0.3 is 15.0 Å². The maximum atomic E-state index is 5.98. The lowest BCUT2D eigenvalue weighted by Gasteiger charge is -2.30. The lowest BCUT2D eigenvalue weighted by atomic mass is 9.96. The van der Waals surface area contributed by atoms with Crippen molar-refractivity contribution in [2.24, 2.45) is 5.92 Å². The van der Waals surface area contributed by atoms with Crippen molar-refractivity contribution in [1.29, 1.82) is 0 Å². The predicted molar refractivity (Wildman–Crippen MR) is 89.0 cm³/mol. The van der Waals surface area contributed by atoms with Gasteiger partial charge in [0.15, 0.2) is 0 Å². The molecule has 0 amide bonds. The number of nitrogens with one attached hydrogen (secondary N) is 1. The molecule has 0 saturated heterocycles. The predicted octanol–water partition coefficient (Wildman–Crippen LogP) is 3.38. The first-order chi connectivity index (χ1) is 9.99. The number of para-hydroxylation sites is 1. The molecule has 0 aliphatic carbocycles. The standard InChI is InChI=1S/C18H30N2O/c1-13(2)17(12-20(4)5)19-16-10-7-11-21-18-14(3)8-6-9-15(16)18/h6,8-9,13,16-17,19H,7,10-12H2,1-5H3. The molecule has 0 bridgehead atoms. The van der Waals surface area contributed by atoms with Gasteiger partial charge in [0.05, 0.1) is 6.61 Å². The number of ether oxygens (including phenoxy) is 1. The fourth-order valence-corrected chi connectivity index (χ4v) is 3.04. The van der Waals surface area contributed by atoms with Crippen molar-refractivity contribution in [3.05, 3.63) is 29.3 Å². The molecule has 2 unspecified atom stereocenters. The molecular weight excluding hydrogens is 260 g/mol. The lowest BCUT2D eigenvalue weighted by molar-refractivity contribution is 0.263. The van der Waals surface area contributed by atoms with Gasteiger partial charge in [0.1, 0.15) is 5.75 Å². The molecule has 2 atom stereocenters. The zero-order valence-corrected chi connectivity index (χ0v) is 14.1. The molecule has 1 aromatic carbocycles. The van der Waals surface area contributed by atoms with Crippen LogP contribution >= 0.6 is 0 Å². The first kappa shape index (κ1) is 16.3. The molecule has 118 valence electrons. The largest absolute Gasteiger partial charge is 0.493 e. The fraction of sp³-hybridized carbons (Fsp3) is 0.667. The van der Waals surface area contributed by atoms with E-state index in [1.54, 1.807) is 0 Å². The summed E-state index contributed by atoms with van der Waals surface area (Å²) in [6.45, 7) is 8.63. The van der Waals surface area contributed by atoms with E-state index in [1.165, 1.54) is 11.1 Å². The molecule has 0 aromatic heterocycles. The van der Waals surface area contributed by atoms with Crippen LogP contribution in [0.3, 0.4) is 0 Å². The summed E-state index contributed by atoms with van der Waals surface area (Å²) in [5.74, 6) is 1.71. The van der Waals surface area contributed by atoms with E-state index >= 15 is 0 Å². The number of benzene rings is 1. The van der Waals surface area contributed by atoms with Crippen LogP contribution in [0.15, 0.2) is 18.2 Å². The van der Waals surface area contributed by atoms with E-state index in [2.05, 4.69) is 63.3 Å². The summed E-state index contributed by atoms with van der Waals surface area (Å²) >= 11 is 0. The van der Waals surface area contributed by atoms with Crippen molar-refractivity contribution < 1.29 is 4.74 Å². The SMILES string of the molecule is Cc1cccc2c1OCCCC2NC(CN(C)C)C(C)C. The second-order valence-corrected chi connectivity index (χ2v) is 6.82. The third-order valence-electron chi connectivity index (χ3n) is 4.28. The van der Waals surface area contributed by atoms with Crippen LogP contribution in [0.1, 0.15) is 43.9 Å². The van der Waals surface area contributed by atoms with E-state index in [9.17, 15) is 0 Å². The third kappa shape index (κ3) is 4.21. The van der Waals surface area contributed by atoms with E-state index in [0.717, 1.165) is 31.7 Å². The number of hydrogen-bond donors (Lipinski definition) is 1. The summed E-state index contributed by atoms with van der Waals surface area (Å²) in [4.78, 5) is 2.27. The van der Waals surface area contributed by atoms with E-state index in [4.69, 9.17) is 4.74 Å². The smallest absolute Gasteiger partial charge is 0.126 e. The molecule has 0 radical (unpaired) electrons. The van der Waals surface area contributed by atoms with Crippen LogP contribution in [0.2, 0.25) is 0 Å². The van der Waals surface area contributed by atoms with Gasteiger partial charge in [0, 0.05) is 24.2 Å². The highest BCUT2D eigenvalue weighted by Gasteiger charge is 2.25. The topological polar surface area (TPSA) is 24.5 Å². The Hall–Kier alpha value is -1.06. The molecule has 1 aliphatic rings. The number of nitrogens with zero attached hydrogens (tertiary/aromatic N) is 1. The number of fused-ring (bicyclic) bond motifs is 1. The van der Waals surface area contributed by atoms with Crippen LogP contribution in [0, 0.1) is 12.8 Å². The summed E-state index contributed by atoms with van der Waals surface area (Å²) in [6.07, 6.45) is 2.26. The molecule has 0 fully saturated rings. The van der Waals surface area contributed by atoms with Crippen LogP contribution in [-0.4, -0.2) is 38.2 Å². The molecule has 1 heterocycles. The molecule has 2 rings (SSSR count). The lowest BCUT2D eigenvalue weighted by Crippen LogP contribution is -2.43. The molecule has 21 heavy (non-hydrogen) atoms. The van der Waals surface area contributed by atoms with Gasteiger partial charge in [-0.1, -0.05) is 32.0 Å². The normalized spacial score (nSPS) is 20.0. The van der Waals surface area contributed by atoms with E-state index in [-0.39, 0.29) is 0 Å². The van der Waals surface area contributed by atoms with Crippen molar-refractivity contribution in [2.75, 3.05) is 27.2 Å². The summed E-state index contributed by atoms with van der Waals surface area (Å²) in [7, 11) is 4.29. The number of likely N-dealkylation sites (N-methyl/N-ethyl adjacent to an activating group) is 1. The summed E-state index contributed by atoms with van der Waals surface area (Å²) < 4.78 is 5.98. The fourth-order valence-electron chi connectivity index (χ4n) is 3.04. The highest BCUT2D eigenvalue weighted by molar-refractivity contribution is 5.43. The van der Waals surface area contributed by atoms with E-state index < -0.39 is 0 Å². The minimum atomic E-state index is 0.398. The summed E-state index contributed by atoms with van der Waals surface area (Å²) in [5.41, 5.74) is 2.58. The van der Waals surface area contributed by atoms with Crippen molar-refractivity contribution in [3.8, 4) is 5.75 Å². The Morgan fingerprint density at radius 2 is 2.10 bits per heavy atom. The van der Waals surface area contributed by atoms with Gasteiger partial charge in [-0.2, -0.15) is 0 Å². The van der Waals surface area contributed by atoms with Crippen LogP contribution in [0.25, 0.3) is 0 Å². The monoisotopic (exact) mass is 290 g/mol. The molecule has 1 aliphatic heterocycles. The minimum Gasteiger partial charge on any atom is -0.493 e. The number of aryl methyl sites for hydroxylation is 1. The van der Waals surface area contributed by atoms with E-state index in [1.807, 2.05) is 0 Å². The maximum absolute atomic E-state index is 5.98. The van der Waals surface area contributed by atoms with Crippen molar-refractivity contribution in [3.63, 3.8) is 0 Å². The van der Waals surface area contributed by atoms with Crippen LogP contribution in [0.5, 0.6) is 5.75 Å². The zero-order chi connectivity index (χ0) is 15.4. The van der Waals surface area contributed by atoms with Crippen LogP contribution in [0.4, 0.5) is 0 Å². The van der Waals surface area contributed by atoms with Crippen molar-refractivity contribution in [2.45, 2.75) is 45.7 Å². The highest BCUT2D eigenvalue weighted by Crippen LogP contribution is 2.34. The van der Waals surface area contributed by atoms with Gasteiger partial charge in [0.25, 0.3) is 0 Å². The Labute approximate surface area is 129 Å². The Kier molecular flexibility index (Phi) is 5.65. The number of rotatable bonds is 5. The Morgan fingerprint density at radius 1 is 1.33 bits per heavy atom. The van der Waals surface area contributed by atoms with Crippen molar-refractivity contribution >= 4 is 0 Å². The Bertz CT molecular complexity index is 457. The van der Waals surface area contributed by atoms with E-state index in [0.29, 0.717) is 18.0 Å². The average Bonchev–Trinajstić information content (AvgIpc) is 2.61. The molecule has 1 aromatic rings. The van der Waals surface area contributed by atoms with Gasteiger partial charge in [-0.3, -0.25) is 0 Å². The Balaban J connectivity index is 2.21. The summed E-state index contributed by atoms with van der Waals surface area (Å²) in [6, 6.07) is 7.40. The Morgan fingerprint density at radius 3 is 2.76 bits per heavy atom. The first-order valence-electron chi connectivity index (χ1n) is 8.12. The van der Waals surface area contributed by atoms with Crippen LogP contribution in [-0.2, 0) is 0 Å². The van der Waals surface area contributed by atoms with Gasteiger partial charge in [-0.05, 0) is 45.3 Å². The highest BCUT2D eigenvalue weighted by atomic mass is 16.5. The van der Waals surface area contributed by atoms with Gasteiger partial charge >= 0.3 is 0 Å². The second-order valence-electron chi connectivity index (χ2n) is 6.82. The quantitative estimate of drug-likeness (QED) is 0.899. The number of hydrogen-bond acceptors (Lipinski definition) is 3. The molecule has 0 spiro atoms. The molecule has 0 saturated carbocycles. The molecule has 3 nitrogen and oxygen atoms in total. The van der Waals surface area contributed by atoms with Gasteiger partial charge in [-0.25, -0.2) is 0 Å². The molecule has 1 N–H and O–H groups in total. The maximum Gasteiger partial charge on any atom is 0.126 e. The molecular formula is C18H30N2O. The zero-order valence-electron chi connectivity index (χ0n) is 14.1. The van der Waals surface area contributed by atoms with Crippen molar-refractivity contribution in [1.82, 2.24) is 10.2 Å². The summed E-state index contributed by atoms with van der Waals surface area (Å²) in [5, 5.41) is 3.89. The first-order valence-corrected chi connectivity index (χ1v) is 8.12. The minimum absolute atomic E-state index is 0.398.